The number of aromatic carboxylic acids is 1. The molecule has 3 heterocycles. The Morgan fingerprint density at radius 1 is 1.40 bits per heavy atom. The first-order valence-electron chi connectivity index (χ1n) is 6.52. The number of aromatic nitrogens is 3. The highest BCUT2D eigenvalue weighted by atomic mass is 16.5. The molecule has 2 aromatic rings. The van der Waals surface area contributed by atoms with Crippen molar-refractivity contribution in [3.05, 3.63) is 24.0 Å². The van der Waals surface area contributed by atoms with Gasteiger partial charge in [-0.1, -0.05) is 0 Å². The van der Waals surface area contributed by atoms with Gasteiger partial charge >= 0.3 is 5.97 Å². The van der Waals surface area contributed by atoms with Gasteiger partial charge in [0.1, 0.15) is 11.4 Å². The van der Waals surface area contributed by atoms with E-state index in [0.29, 0.717) is 5.65 Å². The zero-order valence-electron chi connectivity index (χ0n) is 11.4. The zero-order valence-corrected chi connectivity index (χ0v) is 11.4. The third-order valence-electron chi connectivity index (χ3n) is 3.33. The molecule has 7 nitrogen and oxygen atoms in total. The summed E-state index contributed by atoms with van der Waals surface area (Å²) in [6, 6.07) is 1.84. The van der Waals surface area contributed by atoms with Crippen molar-refractivity contribution < 1.29 is 14.6 Å². The van der Waals surface area contributed by atoms with Crippen molar-refractivity contribution in [2.45, 2.75) is 26.1 Å². The number of rotatable bonds is 2. The van der Waals surface area contributed by atoms with Crippen LogP contribution in [0.4, 0.5) is 5.82 Å². The van der Waals surface area contributed by atoms with Gasteiger partial charge in [-0.2, -0.15) is 5.10 Å². The fourth-order valence-corrected chi connectivity index (χ4v) is 2.55. The van der Waals surface area contributed by atoms with Gasteiger partial charge in [-0.05, 0) is 19.9 Å². The fraction of sp³-hybridized carbons (Fsp3) is 0.462. The second kappa shape index (κ2) is 4.75. The van der Waals surface area contributed by atoms with Gasteiger partial charge in [0.05, 0.1) is 18.4 Å². The topological polar surface area (TPSA) is 80.0 Å². The van der Waals surface area contributed by atoms with Crippen LogP contribution in [-0.4, -0.2) is 51.0 Å². The maximum atomic E-state index is 11.1. The predicted octanol–water partition coefficient (Wildman–Crippen LogP) is 1.04. The Hall–Kier alpha value is -2.15. The number of hydrogen-bond donors (Lipinski definition) is 1. The summed E-state index contributed by atoms with van der Waals surface area (Å²) in [6.07, 6.45) is 3.30. The van der Waals surface area contributed by atoms with E-state index in [1.54, 1.807) is 6.20 Å². The monoisotopic (exact) mass is 276 g/mol. The molecule has 0 amide bonds. The van der Waals surface area contributed by atoms with E-state index in [0.717, 1.165) is 18.9 Å². The van der Waals surface area contributed by atoms with Crippen molar-refractivity contribution in [3.8, 4) is 0 Å². The number of ether oxygens (including phenoxy) is 1. The summed E-state index contributed by atoms with van der Waals surface area (Å²) >= 11 is 0. The van der Waals surface area contributed by atoms with Gasteiger partial charge in [-0.15, -0.1) is 0 Å². The summed E-state index contributed by atoms with van der Waals surface area (Å²) in [5.74, 6) is -0.268. The van der Waals surface area contributed by atoms with Gasteiger partial charge in [0, 0.05) is 19.3 Å². The molecule has 1 N–H and O–H groups in total. The molecule has 2 atom stereocenters. The normalized spacial score (nSPS) is 23.2. The number of carboxylic acid groups (broad SMARTS) is 1. The summed E-state index contributed by atoms with van der Waals surface area (Å²) in [5, 5.41) is 13.1. The number of anilines is 1. The summed E-state index contributed by atoms with van der Waals surface area (Å²) in [5.41, 5.74) is 0.475. The molecule has 3 rings (SSSR count). The summed E-state index contributed by atoms with van der Waals surface area (Å²) in [4.78, 5) is 17.7. The number of fused-ring (bicyclic) bond motifs is 1. The molecule has 0 saturated carbocycles. The van der Waals surface area contributed by atoms with Gasteiger partial charge in [0.2, 0.25) is 0 Å². The fourth-order valence-electron chi connectivity index (χ4n) is 2.55. The number of nitrogens with zero attached hydrogens (tertiary/aromatic N) is 4. The Morgan fingerprint density at radius 2 is 2.10 bits per heavy atom. The van der Waals surface area contributed by atoms with Crippen molar-refractivity contribution >= 4 is 17.4 Å². The Balaban J connectivity index is 1.99. The van der Waals surface area contributed by atoms with Crippen LogP contribution in [0.5, 0.6) is 0 Å². The van der Waals surface area contributed by atoms with Crippen LogP contribution in [-0.2, 0) is 4.74 Å². The first-order valence-corrected chi connectivity index (χ1v) is 6.52. The van der Waals surface area contributed by atoms with Gasteiger partial charge < -0.3 is 14.7 Å². The lowest BCUT2D eigenvalue weighted by Crippen LogP contribution is -2.45. The van der Waals surface area contributed by atoms with E-state index >= 15 is 0 Å². The average molecular weight is 276 g/mol. The van der Waals surface area contributed by atoms with Crippen molar-refractivity contribution in [1.82, 2.24) is 14.6 Å². The molecular weight excluding hydrogens is 260 g/mol. The van der Waals surface area contributed by atoms with Gasteiger partial charge in [-0.3, -0.25) is 0 Å². The Morgan fingerprint density at radius 3 is 2.75 bits per heavy atom. The van der Waals surface area contributed by atoms with E-state index in [-0.39, 0.29) is 17.8 Å². The van der Waals surface area contributed by atoms with Gasteiger partial charge in [0.25, 0.3) is 0 Å². The van der Waals surface area contributed by atoms with Gasteiger partial charge in [0.15, 0.2) is 5.65 Å². The van der Waals surface area contributed by atoms with Crippen LogP contribution in [0.1, 0.15) is 24.2 Å². The Bertz CT molecular complexity index is 644. The summed E-state index contributed by atoms with van der Waals surface area (Å²) in [7, 11) is 0. The van der Waals surface area contributed by atoms with E-state index in [4.69, 9.17) is 9.84 Å². The molecule has 0 bridgehead atoms. The molecule has 1 saturated heterocycles. The third-order valence-corrected chi connectivity index (χ3v) is 3.33. The highest BCUT2D eigenvalue weighted by molar-refractivity contribution is 5.94. The Kier molecular flexibility index (Phi) is 3.06. The van der Waals surface area contributed by atoms with Crippen molar-refractivity contribution in [2.75, 3.05) is 18.0 Å². The van der Waals surface area contributed by atoms with Crippen LogP contribution >= 0.6 is 0 Å². The largest absolute Gasteiger partial charge is 0.477 e. The molecule has 1 fully saturated rings. The third kappa shape index (κ3) is 2.20. The predicted molar refractivity (Wildman–Crippen MR) is 72.2 cm³/mol. The van der Waals surface area contributed by atoms with Crippen molar-refractivity contribution in [2.24, 2.45) is 0 Å². The first-order chi connectivity index (χ1) is 9.54. The van der Waals surface area contributed by atoms with Crippen molar-refractivity contribution in [3.63, 3.8) is 0 Å². The second-order valence-corrected chi connectivity index (χ2v) is 5.08. The first kappa shape index (κ1) is 12.9. The highest BCUT2D eigenvalue weighted by Gasteiger charge is 2.24. The van der Waals surface area contributed by atoms with Crippen LogP contribution in [0.2, 0.25) is 0 Å². The standard InChI is InChI=1S/C13H16N4O3/c1-8-6-16(7-9(2)20-8)11-3-4-17-12(15-11)10(5-14-17)13(18)19/h3-5,8-9H,6-7H2,1-2H3,(H,18,19). The lowest BCUT2D eigenvalue weighted by molar-refractivity contribution is -0.00545. The number of morpholine rings is 1. The molecule has 0 spiro atoms. The van der Waals surface area contributed by atoms with Crippen LogP contribution < -0.4 is 4.90 Å². The van der Waals surface area contributed by atoms with E-state index in [2.05, 4.69) is 15.0 Å². The van der Waals surface area contributed by atoms with Gasteiger partial charge in [-0.25, -0.2) is 14.3 Å². The number of hydrogen-bond acceptors (Lipinski definition) is 5. The Labute approximate surface area is 115 Å². The minimum atomic E-state index is -1.02. The molecular formula is C13H16N4O3. The molecule has 106 valence electrons. The zero-order chi connectivity index (χ0) is 14.3. The molecule has 2 unspecified atom stereocenters. The maximum Gasteiger partial charge on any atom is 0.341 e. The molecule has 0 aromatic carbocycles. The molecule has 20 heavy (non-hydrogen) atoms. The molecule has 0 radical (unpaired) electrons. The SMILES string of the molecule is CC1CN(c2ccn3ncc(C(=O)O)c3n2)CC(C)O1. The molecule has 1 aliphatic heterocycles. The van der Waals surface area contributed by atoms with E-state index in [9.17, 15) is 4.79 Å². The average Bonchev–Trinajstić information content (AvgIpc) is 2.80. The molecule has 7 heteroatoms. The molecule has 0 aliphatic carbocycles. The quantitative estimate of drug-likeness (QED) is 0.883. The van der Waals surface area contributed by atoms with Crippen LogP contribution in [0, 0.1) is 0 Å². The van der Waals surface area contributed by atoms with Crippen LogP contribution in [0.25, 0.3) is 5.65 Å². The minimum absolute atomic E-state index is 0.112. The van der Waals surface area contributed by atoms with Crippen molar-refractivity contribution in [1.29, 1.82) is 0 Å². The minimum Gasteiger partial charge on any atom is -0.477 e. The number of carboxylic acids is 1. The summed E-state index contributed by atoms with van der Waals surface area (Å²) < 4.78 is 7.16. The highest BCUT2D eigenvalue weighted by Crippen LogP contribution is 2.20. The molecule has 2 aromatic heterocycles. The number of carbonyl (C=O) groups is 1. The van der Waals surface area contributed by atoms with Crippen LogP contribution in [0.15, 0.2) is 18.5 Å². The second-order valence-electron chi connectivity index (χ2n) is 5.08. The van der Waals surface area contributed by atoms with E-state index < -0.39 is 5.97 Å². The van der Waals surface area contributed by atoms with E-state index in [1.165, 1.54) is 10.7 Å². The summed E-state index contributed by atoms with van der Waals surface area (Å²) in [6.45, 7) is 5.51. The molecule has 1 aliphatic rings. The van der Waals surface area contributed by atoms with E-state index in [1.807, 2.05) is 19.9 Å². The lowest BCUT2D eigenvalue weighted by atomic mass is 10.2. The van der Waals surface area contributed by atoms with Crippen LogP contribution in [0.3, 0.4) is 0 Å². The maximum absolute atomic E-state index is 11.1. The smallest absolute Gasteiger partial charge is 0.341 e. The lowest BCUT2D eigenvalue weighted by Gasteiger charge is -2.36.